The Morgan fingerprint density at radius 2 is 2.25 bits per heavy atom. The zero-order chi connectivity index (χ0) is 11.5. The fourth-order valence-corrected chi connectivity index (χ4v) is 1.95. The van der Waals surface area contributed by atoms with Gasteiger partial charge in [-0.05, 0) is 24.1 Å². The molecule has 0 atom stereocenters. The van der Waals surface area contributed by atoms with Crippen molar-refractivity contribution in [2.75, 3.05) is 6.61 Å². The molecule has 0 saturated heterocycles. The van der Waals surface area contributed by atoms with Gasteiger partial charge in [0.1, 0.15) is 5.82 Å². The summed E-state index contributed by atoms with van der Waals surface area (Å²) in [4.78, 5) is 4.49. The number of benzene rings is 1. The largest absolute Gasteiger partial charge is 0.395 e. The van der Waals surface area contributed by atoms with Gasteiger partial charge in [-0.25, -0.2) is 4.98 Å². The van der Waals surface area contributed by atoms with Crippen LogP contribution in [0.3, 0.4) is 0 Å². The molecule has 0 aliphatic heterocycles. The van der Waals surface area contributed by atoms with Crippen molar-refractivity contribution in [2.24, 2.45) is 5.73 Å². The summed E-state index contributed by atoms with van der Waals surface area (Å²) in [6.07, 6.45) is 1.00. The summed E-state index contributed by atoms with van der Waals surface area (Å²) in [5, 5.41) is 9.03. The molecule has 16 heavy (non-hydrogen) atoms. The molecule has 0 saturated carbocycles. The summed E-state index contributed by atoms with van der Waals surface area (Å²) in [6, 6.07) is 6.23. The molecule has 0 bridgehead atoms. The number of aliphatic hydroxyl groups excluding tert-OH is 1. The van der Waals surface area contributed by atoms with E-state index in [9.17, 15) is 0 Å². The predicted molar refractivity (Wildman–Crippen MR) is 64.1 cm³/mol. The standard InChI is InChI=1S/C12H17N3O/c1-2-9-3-4-11-10(7-9)14-12(8-13)15(11)5-6-16/h3-4,7,16H,2,5-6,8,13H2,1H3. The second-order valence-electron chi connectivity index (χ2n) is 3.78. The molecule has 0 spiro atoms. The number of aromatic nitrogens is 2. The molecule has 1 aromatic carbocycles. The first-order valence-electron chi connectivity index (χ1n) is 5.59. The lowest BCUT2D eigenvalue weighted by Gasteiger charge is -2.05. The van der Waals surface area contributed by atoms with E-state index in [0.29, 0.717) is 13.1 Å². The minimum atomic E-state index is 0.105. The quantitative estimate of drug-likeness (QED) is 0.808. The molecule has 2 rings (SSSR count). The van der Waals surface area contributed by atoms with Gasteiger partial charge >= 0.3 is 0 Å². The highest BCUT2D eigenvalue weighted by Gasteiger charge is 2.08. The minimum absolute atomic E-state index is 0.105. The monoisotopic (exact) mass is 219 g/mol. The van der Waals surface area contributed by atoms with Gasteiger partial charge in [-0.15, -0.1) is 0 Å². The summed E-state index contributed by atoms with van der Waals surface area (Å²) in [6.45, 7) is 3.17. The molecule has 0 fully saturated rings. The summed E-state index contributed by atoms with van der Waals surface area (Å²) in [7, 11) is 0. The Kier molecular flexibility index (Phi) is 3.22. The van der Waals surface area contributed by atoms with Crippen molar-refractivity contribution in [1.82, 2.24) is 9.55 Å². The predicted octanol–water partition coefficient (Wildman–Crippen LogP) is 1.05. The Hall–Kier alpha value is -1.39. The van der Waals surface area contributed by atoms with Gasteiger partial charge in [0.2, 0.25) is 0 Å². The lowest BCUT2D eigenvalue weighted by atomic mass is 10.1. The maximum atomic E-state index is 9.03. The van der Waals surface area contributed by atoms with Crippen molar-refractivity contribution in [3.8, 4) is 0 Å². The van der Waals surface area contributed by atoms with E-state index in [1.54, 1.807) is 0 Å². The molecule has 3 N–H and O–H groups in total. The topological polar surface area (TPSA) is 64.1 Å². The van der Waals surface area contributed by atoms with E-state index in [1.165, 1.54) is 5.56 Å². The smallest absolute Gasteiger partial charge is 0.123 e. The Bertz CT molecular complexity index is 490. The third-order valence-electron chi connectivity index (χ3n) is 2.81. The van der Waals surface area contributed by atoms with Crippen molar-refractivity contribution in [2.45, 2.75) is 26.4 Å². The number of rotatable bonds is 4. The molecular weight excluding hydrogens is 202 g/mol. The van der Waals surface area contributed by atoms with Gasteiger partial charge in [0.25, 0.3) is 0 Å². The molecule has 86 valence electrons. The number of imidazole rings is 1. The van der Waals surface area contributed by atoms with Crippen LogP contribution < -0.4 is 5.73 Å². The third kappa shape index (κ3) is 1.81. The molecule has 0 amide bonds. The van der Waals surface area contributed by atoms with E-state index in [4.69, 9.17) is 10.8 Å². The van der Waals surface area contributed by atoms with Crippen molar-refractivity contribution in [1.29, 1.82) is 0 Å². The van der Waals surface area contributed by atoms with Crippen LogP contribution in [0, 0.1) is 0 Å². The first kappa shape index (κ1) is 11.1. The summed E-state index contributed by atoms with van der Waals surface area (Å²) in [5.41, 5.74) is 8.93. The van der Waals surface area contributed by atoms with Gasteiger partial charge in [0.05, 0.1) is 24.2 Å². The maximum Gasteiger partial charge on any atom is 0.123 e. The van der Waals surface area contributed by atoms with Crippen LogP contribution in [0.15, 0.2) is 18.2 Å². The van der Waals surface area contributed by atoms with Crippen molar-refractivity contribution in [3.63, 3.8) is 0 Å². The average Bonchev–Trinajstić information content (AvgIpc) is 2.67. The Morgan fingerprint density at radius 1 is 1.44 bits per heavy atom. The van der Waals surface area contributed by atoms with Gasteiger partial charge < -0.3 is 15.4 Å². The first-order chi connectivity index (χ1) is 7.80. The normalized spacial score (nSPS) is 11.2. The molecule has 2 aromatic rings. The highest BCUT2D eigenvalue weighted by molar-refractivity contribution is 5.77. The fraction of sp³-hybridized carbons (Fsp3) is 0.417. The van der Waals surface area contributed by atoms with E-state index < -0.39 is 0 Å². The van der Waals surface area contributed by atoms with E-state index in [1.807, 2.05) is 4.57 Å². The number of fused-ring (bicyclic) bond motifs is 1. The zero-order valence-corrected chi connectivity index (χ0v) is 9.48. The Morgan fingerprint density at radius 3 is 2.88 bits per heavy atom. The van der Waals surface area contributed by atoms with Crippen LogP contribution in [0.2, 0.25) is 0 Å². The van der Waals surface area contributed by atoms with Gasteiger partial charge in [0.15, 0.2) is 0 Å². The lowest BCUT2D eigenvalue weighted by Crippen LogP contribution is -2.10. The Balaban J connectivity index is 2.58. The fourth-order valence-electron chi connectivity index (χ4n) is 1.95. The van der Waals surface area contributed by atoms with Gasteiger partial charge in [0, 0.05) is 6.54 Å². The Labute approximate surface area is 94.7 Å². The van der Waals surface area contributed by atoms with E-state index in [0.717, 1.165) is 23.3 Å². The summed E-state index contributed by atoms with van der Waals surface area (Å²) in [5.74, 6) is 0.831. The maximum absolute atomic E-state index is 9.03. The number of hydrogen-bond acceptors (Lipinski definition) is 3. The van der Waals surface area contributed by atoms with Crippen molar-refractivity contribution >= 4 is 11.0 Å². The number of hydrogen-bond donors (Lipinski definition) is 2. The molecule has 4 nitrogen and oxygen atoms in total. The molecule has 0 radical (unpaired) electrons. The highest BCUT2D eigenvalue weighted by Crippen LogP contribution is 2.18. The number of aliphatic hydroxyl groups is 1. The molecule has 1 heterocycles. The van der Waals surface area contributed by atoms with Gasteiger partial charge in [-0.3, -0.25) is 0 Å². The van der Waals surface area contributed by atoms with Crippen LogP contribution in [0.5, 0.6) is 0 Å². The van der Waals surface area contributed by atoms with Crippen LogP contribution in [0.1, 0.15) is 18.3 Å². The lowest BCUT2D eigenvalue weighted by molar-refractivity contribution is 0.276. The third-order valence-corrected chi connectivity index (χ3v) is 2.81. The number of aryl methyl sites for hydroxylation is 1. The summed E-state index contributed by atoms with van der Waals surface area (Å²) < 4.78 is 1.98. The SMILES string of the molecule is CCc1ccc2c(c1)nc(CN)n2CCO. The van der Waals surface area contributed by atoms with Gasteiger partial charge in [-0.1, -0.05) is 13.0 Å². The van der Waals surface area contributed by atoms with E-state index in [-0.39, 0.29) is 6.61 Å². The zero-order valence-electron chi connectivity index (χ0n) is 9.48. The van der Waals surface area contributed by atoms with Crippen LogP contribution in [-0.2, 0) is 19.5 Å². The average molecular weight is 219 g/mol. The highest BCUT2D eigenvalue weighted by atomic mass is 16.3. The minimum Gasteiger partial charge on any atom is -0.395 e. The molecule has 4 heteroatoms. The van der Waals surface area contributed by atoms with Crippen LogP contribution >= 0.6 is 0 Å². The number of nitrogens with zero attached hydrogens (tertiary/aromatic N) is 2. The molecule has 0 aliphatic carbocycles. The molecule has 0 aliphatic rings. The van der Waals surface area contributed by atoms with Crippen LogP contribution in [-0.4, -0.2) is 21.3 Å². The second-order valence-corrected chi connectivity index (χ2v) is 3.78. The van der Waals surface area contributed by atoms with Crippen LogP contribution in [0.25, 0.3) is 11.0 Å². The molecular formula is C12H17N3O. The van der Waals surface area contributed by atoms with E-state index >= 15 is 0 Å². The van der Waals surface area contributed by atoms with Crippen molar-refractivity contribution in [3.05, 3.63) is 29.6 Å². The molecule has 1 aromatic heterocycles. The van der Waals surface area contributed by atoms with Crippen molar-refractivity contribution < 1.29 is 5.11 Å². The molecule has 0 unspecified atom stereocenters. The number of nitrogens with two attached hydrogens (primary N) is 1. The van der Waals surface area contributed by atoms with E-state index in [2.05, 4.69) is 30.1 Å². The van der Waals surface area contributed by atoms with Gasteiger partial charge in [-0.2, -0.15) is 0 Å². The first-order valence-corrected chi connectivity index (χ1v) is 5.59. The second kappa shape index (κ2) is 4.63. The summed E-state index contributed by atoms with van der Waals surface area (Å²) >= 11 is 0. The van der Waals surface area contributed by atoms with Crippen LogP contribution in [0.4, 0.5) is 0 Å².